The second-order valence-electron chi connectivity index (χ2n) is 7.62. The van der Waals surface area contributed by atoms with E-state index in [0.717, 1.165) is 45.3 Å². The van der Waals surface area contributed by atoms with Crippen LogP contribution in [0, 0.1) is 0 Å². The van der Waals surface area contributed by atoms with Gasteiger partial charge in [0.25, 0.3) is 0 Å². The molecular formula is C24H30O2. The number of benzene rings is 2. The number of aryl methyl sites for hydroxylation is 2. The molecule has 2 aliphatic carbocycles. The average molecular weight is 351 g/mol. The van der Waals surface area contributed by atoms with E-state index in [1.807, 2.05) is 0 Å². The molecule has 0 amide bonds. The van der Waals surface area contributed by atoms with Crippen molar-refractivity contribution in [3.8, 4) is 0 Å². The highest BCUT2D eigenvalue weighted by molar-refractivity contribution is 5.35. The minimum absolute atomic E-state index is 0.278. The first-order valence-electron chi connectivity index (χ1n) is 10.2. The lowest BCUT2D eigenvalue weighted by Crippen LogP contribution is -2.22. The molecule has 0 aliphatic heterocycles. The van der Waals surface area contributed by atoms with Crippen LogP contribution in [0.4, 0.5) is 0 Å². The average Bonchev–Trinajstić information content (AvgIpc) is 2.68. The predicted molar refractivity (Wildman–Crippen MR) is 106 cm³/mol. The molecule has 0 saturated carbocycles. The van der Waals surface area contributed by atoms with E-state index >= 15 is 0 Å². The van der Waals surface area contributed by atoms with E-state index in [-0.39, 0.29) is 6.10 Å². The molecule has 2 aromatic rings. The largest absolute Gasteiger partial charge is 0.378 e. The van der Waals surface area contributed by atoms with E-state index in [1.54, 1.807) is 0 Å². The smallest absolute Gasteiger partial charge is 0.0827 e. The lowest BCUT2D eigenvalue weighted by atomic mass is 9.88. The van der Waals surface area contributed by atoms with Crippen LogP contribution in [0.25, 0.3) is 0 Å². The van der Waals surface area contributed by atoms with E-state index in [9.17, 15) is 0 Å². The zero-order valence-electron chi connectivity index (χ0n) is 15.9. The summed E-state index contributed by atoms with van der Waals surface area (Å²) in [6.07, 6.45) is 8.62. The monoisotopic (exact) mass is 350 g/mol. The fourth-order valence-corrected chi connectivity index (χ4v) is 4.51. The zero-order chi connectivity index (χ0) is 17.8. The standard InChI is InChI=1S/C24H30O2/c1-2-25-22-13-12-19-11-10-18(16-21(19)17-22)14-15-26-24-9-5-7-20-6-3-4-8-23(20)24/h3-4,6,8,10-11,16,22,24H,2,5,7,9,12-15,17H2,1H3. The highest BCUT2D eigenvalue weighted by Crippen LogP contribution is 2.32. The molecule has 2 nitrogen and oxygen atoms in total. The van der Waals surface area contributed by atoms with E-state index in [4.69, 9.17) is 9.47 Å². The Morgan fingerprint density at radius 2 is 1.85 bits per heavy atom. The quantitative estimate of drug-likeness (QED) is 0.711. The third-order valence-electron chi connectivity index (χ3n) is 5.88. The van der Waals surface area contributed by atoms with Gasteiger partial charge >= 0.3 is 0 Å². The van der Waals surface area contributed by atoms with Gasteiger partial charge in [-0.3, -0.25) is 0 Å². The molecular weight excluding hydrogens is 320 g/mol. The van der Waals surface area contributed by atoms with Crippen molar-refractivity contribution >= 4 is 0 Å². The van der Waals surface area contributed by atoms with Gasteiger partial charge in [-0.05, 0) is 79.7 Å². The van der Waals surface area contributed by atoms with E-state index in [1.165, 1.54) is 40.7 Å². The molecule has 2 atom stereocenters. The highest BCUT2D eigenvalue weighted by atomic mass is 16.5. The summed E-state index contributed by atoms with van der Waals surface area (Å²) in [5.74, 6) is 0. The van der Waals surface area contributed by atoms with Gasteiger partial charge in [0, 0.05) is 6.61 Å². The molecule has 0 saturated heterocycles. The number of hydrogen-bond acceptors (Lipinski definition) is 2. The molecule has 0 radical (unpaired) electrons. The molecule has 0 fully saturated rings. The van der Waals surface area contributed by atoms with Crippen molar-refractivity contribution in [1.29, 1.82) is 0 Å². The number of ether oxygens (including phenoxy) is 2. The maximum atomic E-state index is 6.29. The van der Waals surface area contributed by atoms with Crippen molar-refractivity contribution in [3.05, 3.63) is 70.3 Å². The Labute approximate surface area is 157 Å². The van der Waals surface area contributed by atoms with Crippen molar-refractivity contribution in [2.24, 2.45) is 0 Å². The molecule has 2 heteroatoms. The molecule has 4 rings (SSSR count). The van der Waals surface area contributed by atoms with Gasteiger partial charge in [0.2, 0.25) is 0 Å². The number of hydrogen-bond donors (Lipinski definition) is 0. The van der Waals surface area contributed by atoms with E-state index in [2.05, 4.69) is 49.4 Å². The molecule has 138 valence electrons. The van der Waals surface area contributed by atoms with Crippen molar-refractivity contribution in [2.45, 2.75) is 64.1 Å². The number of fused-ring (bicyclic) bond motifs is 2. The zero-order valence-corrected chi connectivity index (χ0v) is 15.9. The summed E-state index contributed by atoms with van der Waals surface area (Å²) >= 11 is 0. The third-order valence-corrected chi connectivity index (χ3v) is 5.88. The number of rotatable bonds is 6. The summed E-state index contributed by atoms with van der Waals surface area (Å²) < 4.78 is 12.1. The van der Waals surface area contributed by atoms with Gasteiger partial charge in [0.05, 0.1) is 18.8 Å². The second-order valence-corrected chi connectivity index (χ2v) is 7.62. The minimum Gasteiger partial charge on any atom is -0.378 e. The topological polar surface area (TPSA) is 18.5 Å². The fourth-order valence-electron chi connectivity index (χ4n) is 4.51. The molecule has 0 aromatic heterocycles. The minimum atomic E-state index is 0.278. The molecule has 2 aromatic carbocycles. The fraction of sp³-hybridized carbons (Fsp3) is 0.500. The van der Waals surface area contributed by atoms with Crippen LogP contribution in [0.2, 0.25) is 0 Å². The van der Waals surface area contributed by atoms with Crippen LogP contribution in [0.5, 0.6) is 0 Å². The Bertz CT molecular complexity index is 737. The maximum absolute atomic E-state index is 6.29. The Morgan fingerprint density at radius 3 is 2.77 bits per heavy atom. The van der Waals surface area contributed by atoms with Crippen molar-refractivity contribution in [2.75, 3.05) is 13.2 Å². The van der Waals surface area contributed by atoms with Crippen LogP contribution in [-0.4, -0.2) is 19.3 Å². The van der Waals surface area contributed by atoms with Gasteiger partial charge in [0.15, 0.2) is 0 Å². The molecule has 26 heavy (non-hydrogen) atoms. The van der Waals surface area contributed by atoms with Crippen LogP contribution < -0.4 is 0 Å². The Morgan fingerprint density at radius 1 is 0.923 bits per heavy atom. The van der Waals surface area contributed by atoms with Crippen molar-refractivity contribution < 1.29 is 9.47 Å². The Hall–Kier alpha value is -1.64. The van der Waals surface area contributed by atoms with Crippen LogP contribution in [0.1, 0.15) is 60.1 Å². The van der Waals surface area contributed by atoms with Gasteiger partial charge in [0.1, 0.15) is 0 Å². The maximum Gasteiger partial charge on any atom is 0.0827 e. The van der Waals surface area contributed by atoms with Crippen molar-refractivity contribution in [1.82, 2.24) is 0 Å². The van der Waals surface area contributed by atoms with Gasteiger partial charge in [-0.15, -0.1) is 0 Å². The molecule has 2 unspecified atom stereocenters. The van der Waals surface area contributed by atoms with Gasteiger partial charge in [-0.1, -0.05) is 42.5 Å². The first kappa shape index (κ1) is 17.8. The molecule has 2 aliphatic rings. The van der Waals surface area contributed by atoms with Crippen LogP contribution in [0.3, 0.4) is 0 Å². The Kier molecular flexibility index (Phi) is 5.72. The molecule has 0 spiro atoms. The summed E-state index contributed by atoms with van der Waals surface area (Å²) in [4.78, 5) is 0. The lowest BCUT2D eigenvalue weighted by molar-refractivity contribution is 0.0427. The second kappa shape index (κ2) is 8.37. The summed E-state index contributed by atoms with van der Waals surface area (Å²) in [6, 6.07) is 15.8. The van der Waals surface area contributed by atoms with Crippen LogP contribution >= 0.6 is 0 Å². The van der Waals surface area contributed by atoms with E-state index in [0.29, 0.717) is 6.10 Å². The van der Waals surface area contributed by atoms with Gasteiger partial charge in [-0.25, -0.2) is 0 Å². The lowest BCUT2D eigenvalue weighted by Gasteiger charge is -2.26. The third kappa shape index (κ3) is 4.02. The van der Waals surface area contributed by atoms with Crippen LogP contribution in [0.15, 0.2) is 42.5 Å². The summed E-state index contributed by atoms with van der Waals surface area (Å²) in [6.45, 7) is 3.70. The van der Waals surface area contributed by atoms with E-state index < -0.39 is 0 Å². The SMILES string of the molecule is CCOC1CCc2ccc(CCOC3CCCc4ccccc43)cc2C1. The molecule has 0 N–H and O–H groups in total. The Balaban J connectivity index is 1.35. The van der Waals surface area contributed by atoms with Gasteiger partial charge < -0.3 is 9.47 Å². The van der Waals surface area contributed by atoms with Crippen molar-refractivity contribution in [3.63, 3.8) is 0 Å². The predicted octanol–water partition coefficient (Wildman–Crippen LogP) is 5.22. The molecule has 0 bridgehead atoms. The highest BCUT2D eigenvalue weighted by Gasteiger charge is 2.21. The van der Waals surface area contributed by atoms with Crippen LogP contribution in [-0.2, 0) is 35.2 Å². The summed E-state index contributed by atoms with van der Waals surface area (Å²) in [5.41, 5.74) is 7.26. The first-order chi connectivity index (χ1) is 12.8. The normalized spacial score (nSPS) is 21.9. The molecule has 0 heterocycles. The summed E-state index contributed by atoms with van der Waals surface area (Å²) in [7, 11) is 0. The first-order valence-corrected chi connectivity index (χ1v) is 10.2. The van der Waals surface area contributed by atoms with Gasteiger partial charge in [-0.2, -0.15) is 0 Å². The summed E-state index contributed by atoms with van der Waals surface area (Å²) in [5, 5.41) is 0.